The number of aldehydes is 1. The number of allylic oxidation sites excluding steroid dienone is 2. The maximum atomic E-state index is 12.1. The average molecular weight is 363 g/mol. The molecule has 0 bridgehead atoms. The third kappa shape index (κ3) is 3.22. The Labute approximate surface area is 163 Å². The number of hydrogen-bond donors (Lipinski definition) is 0. The zero-order valence-corrected chi connectivity index (χ0v) is 15.1. The number of carbonyl (C=O) groups excluding carboxylic acids is 1. The van der Waals surface area contributed by atoms with Crippen LogP contribution in [-0.4, -0.2) is 17.3 Å². The lowest BCUT2D eigenvalue weighted by molar-refractivity contribution is -0.107. The third-order valence-electron chi connectivity index (χ3n) is 4.71. The van der Waals surface area contributed by atoms with E-state index in [1.54, 1.807) is 12.3 Å². The molecular weight excluding hydrogens is 346 g/mol. The first-order valence-electron chi connectivity index (χ1n) is 8.95. The Morgan fingerprint density at radius 2 is 1.71 bits per heavy atom. The molecule has 0 saturated heterocycles. The average Bonchev–Trinajstić information content (AvgIpc) is 2.79. The summed E-state index contributed by atoms with van der Waals surface area (Å²) in [6, 6.07) is 24.6. The molecule has 0 spiro atoms. The summed E-state index contributed by atoms with van der Waals surface area (Å²) in [5, 5.41) is 9.53. The van der Waals surface area contributed by atoms with Gasteiger partial charge in [0.15, 0.2) is 0 Å². The zero-order valence-electron chi connectivity index (χ0n) is 15.1. The van der Waals surface area contributed by atoms with Gasteiger partial charge in [0.2, 0.25) is 0 Å². The van der Waals surface area contributed by atoms with E-state index in [0.717, 1.165) is 34.4 Å². The second kappa shape index (κ2) is 7.73. The second-order valence-corrected chi connectivity index (χ2v) is 6.38. The first kappa shape index (κ1) is 17.4. The van der Waals surface area contributed by atoms with Crippen LogP contribution >= 0.6 is 0 Å². The topological polar surface area (TPSA) is 57.0 Å². The zero-order chi connectivity index (χ0) is 19.3. The van der Waals surface area contributed by atoms with Crippen LogP contribution in [0.1, 0.15) is 16.8 Å². The summed E-state index contributed by atoms with van der Waals surface area (Å²) in [4.78, 5) is 18.5. The highest BCUT2D eigenvalue weighted by Crippen LogP contribution is 2.35. The highest BCUT2D eigenvalue weighted by molar-refractivity contribution is 5.98. The number of hydrogen-bond acceptors (Lipinski definition) is 4. The quantitative estimate of drug-likeness (QED) is 0.642. The predicted octanol–water partition coefficient (Wildman–Crippen LogP) is 4.47. The van der Waals surface area contributed by atoms with Crippen LogP contribution in [0.3, 0.4) is 0 Å². The molecule has 134 valence electrons. The van der Waals surface area contributed by atoms with Crippen molar-refractivity contribution in [3.63, 3.8) is 0 Å². The van der Waals surface area contributed by atoms with Crippen LogP contribution in [0.5, 0.6) is 0 Å². The van der Waals surface area contributed by atoms with Crippen molar-refractivity contribution in [2.24, 2.45) is 0 Å². The molecule has 0 N–H and O–H groups in total. The molecule has 0 amide bonds. The predicted molar refractivity (Wildman–Crippen MR) is 110 cm³/mol. The summed E-state index contributed by atoms with van der Waals surface area (Å²) in [6.07, 6.45) is 6.52. The van der Waals surface area contributed by atoms with Crippen LogP contribution in [0.25, 0.3) is 11.1 Å². The Kier molecular flexibility index (Phi) is 4.81. The largest absolute Gasteiger partial charge is 0.333 e. The second-order valence-electron chi connectivity index (χ2n) is 6.38. The minimum Gasteiger partial charge on any atom is -0.333 e. The van der Waals surface area contributed by atoms with Gasteiger partial charge in [-0.25, -0.2) is 0 Å². The van der Waals surface area contributed by atoms with E-state index in [0.29, 0.717) is 5.56 Å². The number of anilines is 1. The Bertz CT molecular complexity index is 1100. The molecule has 2 aromatic carbocycles. The summed E-state index contributed by atoms with van der Waals surface area (Å²) in [5.41, 5.74) is 4.70. The van der Waals surface area contributed by atoms with Crippen molar-refractivity contribution in [2.45, 2.75) is 6.04 Å². The van der Waals surface area contributed by atoms with Crippen LogP contribution in [0.4, 0.5) is 5.69 Å². The summed E-state index contributed by atoms with van der Waals surface area (Å²) >= 11 is 0. The summed E-state index contributed by atoms with van der Waals surface area (Å²) in [5.74, 6) is 0. The molecule has 1 unspecified atom stereocenters. The number of para-hydroxylation sites is 1. The first-order chi connectivity index (χ1) is 13.8. The number of nitriles is 1. The summed E-state index contributed by atoms with van der Waals surface area (Å²) in [7, 11) is 0. The van der Waals surface area contributed by atoms with Gasteiger partial charge in [-0.05, 0) is 42.0 Å². The molecule has 0 radical (unpaired) electrons. The maximum Gasteiger partial charge on any atom is 0.147 e. The molecule has 0 saturated carbocycles. The van der Waals surface area contributed by atoms with E-state index >= 15 is 0 Å². The van der Waals surface area contributed by atoms with Gasteiger partial charge in [-0.15, -0.1) is 0 Å². The van der Waals surface area contributed by atoms with Crippen molar-refractivity contribution in [3.8, 4) is 6.07 Å². The molecule has 1 aliphatic heterocycles. The SMILES string of the molecule is N#Cc1ccccc1C1=CN(c2ccccc2)C(C=O)C(c2ccccn2)=C1. The van der Waals surface area contributed by atoms with E-state index < -0.39 is 6.04 Å². The van der Waals surface area contributed by atoms with E-state index in [9.17, 15) is 10.1 Å². The number of pyridine rings is 1. The van der Waals surface area contributed by atoms with E-state index in [4.69, 9.17) is 0 Å². The van der Waals surface area contributed by atoms with Gasteiger partial charge in [0.1, 0.15) is 12.3 Å². The van der Waals surface area contributed by atoms with Crippen molar-refractivity contribution in [1.82, 2.24) is 4.98 Å². The monoisotopic (exact) mass is 363 g/mol. The van der Waals surface area contributed by atoms with Gasteiger partial charge in [0.25, 0.3) is 0 Å². The number of nitrogens with zero attached hydrogens (tertiary/aromatic N) is 3. The highest BCUT2D eigenvalue weighted by atomic mass is 16.1. The fourth-order valence-electron chi connectivity index (χ4n) is 3.38. The minimum absolute atomic E-state index is 0.504. The van der Waals surface area contributed by atoms with Gasteiger partial charge in [0, 0.05) is 29.2 Å². The van der Waals surface area contributed by atoms with E-state index in [-0.39, 0.29) is 0 Å². The van der Waals surface area contributed by atoms with E-state index in [2.05, 4.69) is 11.1 Å². The minimum atomic E-state index is -0.504. The Morgan fingerprint density at radius 3 is 2.43 bits per heavy atom. The third-order valence-corrected chi connectivity index (χ3v) is 4.71. The molecule has 1 aliphatic rings. The molecule has 1 aromatic heterocycles. The van der Waals surface area contributed by atoms with Crippen LogP contribution in [-0.2, 0) is 4.79 Å². The van der Waals surface area contributed by atoms with Gasteiger partial charge >= 0.3 is 0 Å². The number of carbonyl (C=O) groups is 1. The lowest BCUT2D eigenvalue weighted by Gasteiger charge is -2.33. The lowest BCUT2D eigenvalue weighted by Crippen LogP contribution is -2.35. The molecule has 4 heteroatoms. The summed E-state index contributed by atoms with van der Waals surface area (Å²) in [6.45, 7) is 0. The highest BCUT2D eigenvalue weighted by Gasteiger charge is 2.28. The number of aromatic nitrogens is 1. The summed E-state index contributed by atoms with van der Waals surface area (Å²) < 4.78 is 0. The molecule has 3 aromatic rings. The van der Waals surface area contributed by atoms with Crippen LogP contribution in [0.2, 0.25) is 0 Å². The molecule has 1 atom stereocenters. The standard InChI is InChI=1S/C24H17N3O/c25-15-18-8-4-5-11-21(18)19-14-22(23-12-6-7-13-26-23)24(17-28)27(16-19)20-9-2-1-3-10-20/h1-14,16-17,24H. The molecule has 28 heavy (non-hydrogen) atoms. The Hall–Kier alpha value is -3.97. The number of benzene rings is 2. The van der Waals surface area contributed by atoms with Crippen molar-refractivity contribution in [3.05, 3.63) is 108 Å². The van der Waals surface area contributed by atoms with Crippen molar-refractivity contribution in [1.29, 1.82) is 5.26 Å². The Morgan fingerprint density at radius 1 is 0.964 bits per heavy atom. The van der Waals surface area contributed by atoms with Crippen molar-refractivity contribution < 1.29 is 4.79 Å². The maximum absolute atomic E-state index is 12.1. The number of rotatable bonds is 4. The van der Waals surface area contributed by atoms with Crippen molar-refractivity contribution in [2.75, 3.05) is 4.90 Å². The Balaban J connectivity index is 1.93. The molecule has 0 fully saturated rings. The van der Waals surface area contributed by atoms with Crippen LogP contribution < -0.4 is 4.90 Å². The molecule has 4 nitrogen and oxygen atoms in total. The van der Waals surface area contributed by atoms with E-state index in [1.165, 1.54) is 0 Å². The molecule has 0 aliphatic carbocycles. The van der Waals surface area contributed by atoms with E-state index in [1.807, 2.05) is 83.9 Å². The lowest BCUT2D eigenvalue weighted by atomic mass is 9.91. The van der Waals surface area contributed by atoms with Crippen LogP contribution in [0.15, 0.2) is 91.3 Å². The fourth-order valence-corrected chi connectivity index (χ4v) is 3.38. The molecule has 4 rings (SSSR count). The molecule has 2 heterocycles. The first-order valence-corrected chi connectivity index (χ1v) is 8.95. The normalized spacial score (nSPS) is 16.0. The van der Waals surface area contributed by atoms with Gasteiger partial charge in [-0.2, -0.15) is 5.26 Å². The van der Waals surface area contributed by atoms with Gasteiger partial charge < -0.3 is 9.69 Å². The van der Waals surface area contributed by atoms with Gasteiger partial charge in [-0.1, -0.05) is 42.5 Å². The van der Waals surface area contributed by atoms with Gasteiger partial charge in [-0.3, -0.25) is 4.98 Å². The van der Waals surface area contributed by atoms with Crippen LogP contribution in [0, 0.1) is 11.3 Å². The fraction of sp³-hybridized carbons (Fsp3) is 0.0417. The van der Waals surface area contributed by atoms with Crippen molar-refractivity contribution >= 4 is 23.1 Å². The van der Waals surface area contributed by atoms with Gasteiger partial charge in [0.05, 0.1) is 17.3 Å². The smallest absolute Gasteiger partial charge is 0.147 e. The molecular formula is C24H17N3O.